The Morgan fingerprint density at radius 1 is 1.06 bits per heavy atom. The van der Waals surface area contributed by atoms with Crippen LogP contribution in [0.25, 0.3) is 5.70 Å². The lowest BCUT2D eigenvalue weighted by Crippen LogP contribution is -2.52. The van der Waals surface area contributed by atoms with Gasteiger partial charge in [-0.05, 0) is 49.3 Å². The van der Waals surface area contributed by atoms with Crippen molar-refractivity contribution in [1.29, 1.82) is 5.41 Å². The molecular weight excluding hydrogens is 380 g/mol. The summed E-state index contributed by atoms with van der Waals surface area (Å²) < 4.78 is 0. The fraction of sp³-hybridized carbons (Fsp3) is 0.321. The van der Waals surface area contributed by atoms with E-state index in [0.717, 1.165) is 23.2 Å². The Labute approximate surface area is 187 Å². The van der Waals surface area contributed by atoms with Crippen LogP contribution in [0.5, 0.6) is 0 Å². The lowest BCUT2D eigenvalue weighted by molar-refractivity contribution is 0.0400. The number of hydrogen-bond acceptors (Lipinski definition) is 3. The van der Waals surface area contributed by atoms with Crippen LogP contribution in [-0.4, -0.2) is 22.5 Å². The van der Waals surface area contributed by atoms with E-state index in [1.807, 2.05) is 98.8 Å². The highest BCUT2D eigenvalue weighted by Crippen LogP contribution is 2.29. The third kappa shape index (κ3) is 6.80. The number of hydrogen-bond donors (Lipinski definition) is 3. The van der Waals surface area contributed by atoms with Crippen LogP contribution >= 0.6 is 0 Å². The molecule has 4 atom stereocenters. The first kappa shape index (κ1) is 24.4. The summed E-state index contributed by atoms with van der Waals surface area (Å²) in [5.41, 5.74) is 2.01. The third-order valence-electron chi connectivity index (χ3n) is 5.86. The molecule has 0 saturated carbocycles. The molecular formula is C28H36N2O. The highest BCUT2D eigenvalue weighted by Gasteiger charge is 2.36. The summed E-state index contributed by atoms with van der Waals surface area (Å²) in [7, 11) is 0. The molecule has 0 fully saturated rings. The minimum Gasteiger partial charge on any atom is -0.384 e. The first-order valence-electron chi connectivity index (χ1n) is 10.9. The molecule has 3 nitrogen and oxygen atoms in total. The molecule has 2 aromatic rings. The molecule has 0 radical (unpaired) electrons. The second-order valence-electron chi connectivity index (χ2n) is 8.41. The average Bonchev–Trinajstić information content (AvgIpc) is 2.77. The predicted octanol–water partition coefficient (Wildman–Crippen LogP) is 6.23. The van der Waals surface area contributed by atoms with Gasteiger partial charge in [-0.25, -0.2) is 0 Å². The molecule has 0 amide bonds. The van der Waals surface area contributed by atoms with E-state index in [0.29, 0.717) is 11.6 Å². The molecule has 2 aromatic carbocycles. The van der Waals surface area contributed by atoms with Gasteiger partial charge in [0.2, 0.25) is 0 Å². The van der Waals surface area contributed by atoms with Crippen molar-refractivity contribution in [2.24, 2.45) is 11.8 Å². The number of nitrogens with one attached hydrogen (secondary N) is 2. The molecule has 0 bridgehead atoms. The molecule has 0 aromatic heterocycles. The SMILES string of the molecule is C=CCC(C)[C@@H](C)[C@@H](N/C(=C\C(=N)c1ccccc1)c1ccccc1)[C@@](C)(O)/C=C\C. The lowest BCUT2D eigenvalue weighted by atomic mass is 9.78. The predicted molar refractivity (Wildman–Crippen MR) is 133 cm³/mol. The molecule has 2 rings (SSSR count). The maximum Gasteiger partial charge on any atom is 0.100 e. The summed E-state index contributed by atoms with van der Waals surface area (Å²) in [5, 5.41) is 23.6. The van der Waals surface area contributed by atoms with Gasteiger partial charge in [-0.2, -0.15) is 0 Å². The van der Waals surface area contributed by atoms with Crippen molar-refractivity contribution < 1.29 is 5.11 Å². The van der Waals surface area contributed by atoms with Crippen LogP contribution < -0.4 is 5.32 Å². The molecule has 0 saturated heterocycles. The van der Waals surface area contributed by atoms with Gasteiger partial charge in [-0.3, -0.25) is 0 Å². The van der Waals surface area contributed by atoms with Gasteiger partial charge in [0, 0.05) is 5.70 Å². The summed E-state index contributed by atoms with van der Waals surface area (Å²) in [5.74, 6) is 0.486. The minimum atomic E-state index is -1.06. The van der Waals surface area contributed by atoms with Gasteiger partial charge in [0.25, 0.3) is 0 Å². The van der Waals surface area contributed by atoms with Crippen LogP contribution in [0.3, 0.4) is 0 Å². The van der Waals surface area contributed by atoms with Crippen LogP contribution in [0, 0.1) is 17.2 Å². The van der Waals surface area contributed by atoms with Gasteiger partial charge in [0.05, 0.1) is 11.8 Å². The molecule has 1 unspecified atom stereocenters. The zero-order chi connectivity index (χ0) is 22.9. The second kappa shape index (κ2) is 11.5. The quantitative estimate of drug-likeness (QED) is 0.300. The standard InChI is InChI=1S/C28H36N2O/c1-6-14-21(3)22(4)27(28(5,31)19-7-2)30-26(24-17-12-9-13-18-24)20-25(29)23-15-10-8-11-16-23/h6-13,15-22,27,29-31H,1,14H2,2-5H3/b19-7-,26-20-,29-25?/t21?,22-,27-,28+/m1/s1. The first-order chi connectivity index (χ1) is 14.8. The van der Waals surface area contributed by atoms with Crippen LogP contribution in [-0.2, 0) is 0 Å². The third-order valence-corrected chi connectivity index (χ3v) is 5.86. The maximum absolute atomic E-state index is 11.4. The molecule has 164 valence electrons. The highest BCUT2D eigenvalue weighted by atomic mass is 16.3. The normalized spacial score (nSPS) is 16.9. The van der Waals surface area contributed by atoms with Gasteiger partial charge < -0.3 is 15.8 Å². The van der Waals surface area contributed by atoms with E-state index in [-0.39, 0.29) is 12.0 Å². The molecule has 31 heavy (non-hydrogen) atoms. The monoisotopic (exact) mass is 416 g/mol. The fourth-order valence-corrected chi connectivity index (χ4v) is 3.90. The molecule has 0 heterocycles. The Bertz CT molecular complexity index is 897. The Morgan fingerprint density at radius 3 is 2.13 bits per heavy atom. The van der Waals surface area contributed by atoms with Crippen LogP contribution in [0.1, 0.15) is 45.2 Å². The van der Waals surface area contributed by atoms with Crippen LogP contribution in [0.15, 0.2) is 91.5 Å². The highest BCUT2D eigenvalue weighted by molar-refractivity contribution is 6.10. The van der Waals surface area contributed by atoms with Gasteiger partial charge in [0.1, 0.15) is 5.60 Å². The largest absolute Gasteiger partial charge is 0.384 e. The minimum absolute atomic E-state index is 0.155. The zero-order valence-corrected chi connectivity index (χ0v) is 19.2. The van der Waals surface area contributed by atoms with E-state index < -0.39 is 5.60 Å². The van der Waals surface area contributed by atoms with E-state index in [1.54, 1.807) is 0 Å². The lowest BCUT2D eigenvalue weighted by Gasteiger charge is -2.39. The zero-order valence-electron chi connectivity index (χ0n) is 19.2. The summed E-state index contributed by atoms with van der Waals surface area (Å²) in [6, 6.07) is 19.4. The fourth-order valence-electron chi connectivity index (χ4n) is 3.90. The van der Waals surface area contributed by atoms with Crippen molar-refractivity contribution >= 4 is 11.4 Å². The molecule has 0 aliphatic carbocycles. The van der Waals surface area contributed by atoms with Crippen LogP contribution in [0.4, 0.5) is 0 Å². The Balaban J connectivity index is 2.50. The second-order valence-corrected chi connectivity index (χ2v) is 8.41. The summed E-state index contributed by atoms with van der Waals surface area (Å²) in [4.78, 5) is 0. The molecule has 3 N–H and O–H groups in total. The average molecular weight is 417 g/mol. The van der Waals surface area contributed by atoms with E-state index >= 15 is 0 Å². The van der Waals surface area contributed by atoms with Crippen molar-refractivity contribution in [2.45, 2.75) is 45.8 Å². The van der Waals surface area contributed by atoms with Crippen molar-refractivity contribution in [2.75, 3.05) is 0 Å². The smallest absolute Gasteiger partial charge is 0.100 e. The number of rotatable bonds is 11. The topological polar surface area (TPSA) is 56.1 Å². The summed E-state index contributed by atoms with van der Waals surface area (Å²) >= 11 is 0. The van der Waals surface area contributed by atoms with Crippen LogP contribution in [0.2, 0.25) is 0 Å². The number of allylic oxidation sites excluding steroid dienone is 3. The number of aliphatic hydroxyl groups is 1. The molecule has 0 aliphatic rings. The summed E-state index contributed by atoms with van der Waals surface area (Å²) in [6.45, 7) is 12.0. The Kier molecular flexibility index (Phi) is 9.02. The first-order valence-corrected chi connectivity index (χ1v) is 10.9. The van der Waals surface area contributed by atoms with Gasteiger partial charge in [0.15, 0.2) is 0 Å². The van der Waals surface area contributed by atoms with Crippen molar-refractivity contribution in [3.05, 3.63) is 103 Å². The Morgan fingerprint density at radius 2 is 1.61 bits per heavy atom. The van der Waals surface area contributed by atoms with Gasteiger partial charge in [-0.15, -0.1) is 6.58 Å². The Hall–Kier alpha value is -2.91. The van der Waals surface area contributed by atoms with E-state index in [4.69, 9.17) is 5.41 Å². The molecule has 0 spiro atoms. The van der Waals surface area contributed by atoms with E-state index in [2.05, 4.69) is 25.7 Å². The molecule has 0 aliphatic heterocycles. The van der Waals surface area contributed by atoms with Crippen molar-refractivity contribution in [3.8, 4) is 0 Å². The van der Waals surface area contributed by atoms with Gasteiger partial charge >= 0.3 is 0 Å². The molecule has 3 heteroatoms. The number of benzene rings is 2. The van der Waals surface area contributed by atoms with E-state index in [1.165, 1.54) is 0 Å². The van der Waals surface area contributed by atoms with E-state index in [9.17, 15) is 5.11 Å². The summed E-state index contributed by atoms with van der Waals surface area (Å²) in [6.07, 6.45) is 8.38. The van der Waals surface area contributed by atoms with Crippen molar-refractivity contribution in [3.63, 3.8) is 0 Å². The van der Waals surface area contributed by atoms with Gasteiger partial charge in [-0.1, -0.05) is 92.7 Å². The van der Waals surface area contributed by atoms with Crippen molar-refractivity contribution in [1.82, 2.24) is 5.32 Å². The maximum atomic E-state index is 11.4.